The average Bonchev–Trinajstić information content (AvgIpc) is 2.35. The van der Waals surface area contributed by atoms with Gasteiger partial charge in [0.05, 0.1) is 7.11 Å². The fraction of sp³-hybridized carbons (Fsp3) is 0.538. The van der Waals surface area contributed by atoms with Crippen molar-refractivity contribution in [2.75, 3.05) is 25.6 Å². The lowest BCUT2D eigenvalue weighted by atomic mass is 10.3. The first kappa shape index (κ1) is 14.3. The zero-order valence-corrected chi connectivity index (χ0v) is 12.0. The number of ether oxygens (including phenoxy) is 2. The second kappa shape index (κ2) is 8.37. The van der Waals surface area contributed by atoms with Gasteiger partial charge in [-0.1, -0.05) is 28.1 Å². The molecule has 0 aliphatic carbocycles. The maximum absolute atomic E-state index is 5.66. The summed E-state index contributed by atoms with van der Waals surface area (Å²) in [5, 5.41) is 4.42. The second-order valence-electron chi connectivity index (χ2n) is 3.83. The highest BCUT2D eigenvalue weighted by molar-refractivity contribution is 9.09. The predicted molar refractivity (Wildman–Crippen MR) is 74.4 cm³/mol. The van der Waals surface area contributed by atoms with Crippen LogP contribution >= 0.6 is 15.9 Å². The van der Waals surface area contributed by atoms with Gasteiger partial charge in [0, 0.05) is 17.9 Å². The molecule has 1 unspecified atom stereocenters. The molecule has 1 N–H and O–H groups in total. The van der Waals surface area contributed by atoms with Gasteiger partial charge in [-0.15, -0.1) is 0 Å². The first-order chi connectivity index (χ1) is 8.27. The summed E-state index contributed by atoms with van der Waals surface area (Å²) < 4.78 is 10.9. The van der Waals surface area contributed by atoms with Crippen molar-refractivity contribution < 1.29 is 9.47 Å². The zero-order valence-electron chi connectivity index (χ0n) is 10.4. The molecule has 0 fully saturated rings. The summed E-state index contributed by atoms with van der Waals surface area (Å²) in [6, 6.07) is 8.20. The average molecular weight is 302 g/mol. The molecule has 0 aliphatic rings. The molecule has 0 saturated heterocycles. The number of para-hydroxylation sites is 2. The van der Waals surface area contributed by atoms with E-state index in [0.29, 0.717) is 12.6 Å². The lowest BCUT2D eigenvalue weighted by Crippen LogP contribution is -2.30. The molecule has 4 heteroatoms. The highest BCUT2D eigenvalue weighted by atomic mass is 79.9. The van der Waals surface area contributed by atoms with E-state index in [9.17, 15) is 0 Å². The van der Waals surface area contributed by atoms with Crippen LogP contribution in [-0.4, -0.2) is 31.6 Å². The van der Waals surface area contributed by atoms with Gasteiger partial charge < -0.3 is 14.8 Å². The van der Waals surface area contributed by atoms with Crippen LogP contribution in [0.25, 0.3) is 0 Å². The number of hydrogen-bond donors (Lipinski definition) is 1. The van der Waals surface area contributed by atoms with Gasteiger partial charge in [-0.3, -0.25) is 0 Å². The first-order valence-electron chi connectivity index (χ1n) is 5.83. The summed E-state index contributed by atoms with van der Waals surface area (Å²) in [5.41, 5.74) is 0. The minimum absolute atomic E-state index is 0.510. The van der Waals surface area contributed by atoms with E-state index in [1.54, 1.807) is 7.11 Å². The molecule has 17 heavy (non-hydrogen) atoms. The quantitative estimate of drug-likeness (QED) is 0.592. The summed E-state index contributed by atoms with van der Waals surface area (Å²) in [6.07, 6.45) is 1.12. The van der Waals surface area contributed by atoms with Crippen LogP contribution in [0.1, 0.15) is 13.3 Å². The molecule has 1 atom stereocenters. The highest BCUT2D eigenvalue weighted by Crippen LogP contribution is 2.25. The number of methoxy groups -OCH3 is 1. The Balaban J connectivity index is 2.26. The van der Waals surface area contributed by atoms with Crippen LogP contribution < -0.4 is 14.8 Å². The number of nitrogens with one attached hydrogen (secondary N) is 1. The van der Waals surface area contributed by atoms with Crippen molar-refractivity contribution in [3.63, 3.8) is 0 Å². The van der Waals surface area contributed by atoms with E-state index >= 15 is 0 Å². The van der Waals surface area contributed by atoms with E-state index in [-0.39, 0.29) is 0 Å². The Morgan fingerprint density at radius 3 is 2.65 bits per heavy atom. The fourth-order valence-electron chi connectivity index (χ4n) is 1.47. The first-order valence-corrected chi connectivity index (χ1v) is 6.95. The topological polar surface area (TPSA) is 30.5 Å². The van der Waals surface area contributed by atoms with Crippen LogP contribution in [0.2, 0.25) is 0 Å². The van der Waals surface area contributed by atoms with Crippen molar-refractivity contribution in [2.24, 2.45) is 0 Å². The molecule has 0 bridgehead atoms. The molecule has 1 aromatic carbocycles. The summed E-state index contributed by atoms with van der Waals surface area (Å²) >= 11 is 3.43. The molecule has 1 rings (SSSR count). The van der Waals surface area contributed by atoms with Gasteiger partial charge in [0.1, 0.15) is 6.61 Å². The van der Waals surface area contributed by atoms with Crippen LogP contribution in [0.15, 0.2) is 24.3 Å². The number of benzene rings is 1. The van der Waals surface area contributed by atoms with Crippen LogP contribution in [0, 0.1) is 0 Å². The highest BCUT2D eigenvalue weighted by Gasteiger charge is 2.03. The number of halogens is 1. The monoisotopic (exact) mass is 301 g/mol. The van der Waals surface area contributed by atoms with Gasteiger partial charge in [-0.25, -0.2) is 0 Å². The Morgan fingerprint density at radius 2 is 2.00 bits per heavy atom. The number of alkyl halides is 1. The van der Waals surface area contributed by atoms with Gasteiger partial charge >= 0.3 is 0 Å². The second-order valence-corrected chi connectivity index (χ2v) is 4.63. The molecule has 0 aliphatic heterocycles. The lowest BCUT2D eigenvalue weighted by Gasteiger charge is -2.14. The van der Waals surface area contributed by atoms with Crippen molar-refractivity contribution in [1.82, 2.24) is 5.32 Å². The summed E-state index contributed by atoms with van der Waals surface area (Å²) in [7, 11) is 1.65. The Hall–Kier alpha value is -0.740. The van der Waals surface area contributed by atoms with E-state index in [2.05, 4.69) is 28.2 Å². The van der Waals surface area contributed by atoms with E-state index in [4.69, 9.17) is 9.47 Å². The molecule has 1 aromatic rings. The summed E-state index contributed by atoms with van der Waals surface area (Å²) in [4.78, 5) is 0. The molecule has 3 nitrogen and oxygen atoms in total. The van der Waals surface area contributed by atoms with Gasteiger partial charge in [0.15, 0.2) is 11.5 Å². The molecule has 0 saturated carbocycles. The molecule has 0 spiro atoms. The standard InChI is InChI=1S/C13H20BrNO2/c1-11(7-8-14)15-9-10-17-13-6-4-3-5-12(13)16-2/h3-6,11,15H,7-10H2,1-2H3. The number of rotatable bonds is 8. The minimum atomic E-state index is 0.510. The van der Waals surface area contributed by atoms with Crippen LogP contribution in [0.5, 0.6) is 11.5 Å². The molecule has 0 amide bonds. The van der Waals surface area contributed by atoms with Crippen LogP contribution in [-0.2, 0) is 0 Å². The van der Waals surface area contributed by atoms with Crippen molar-refractivity contribution in [2.45, 2.75) is 19.4 Å². The third kappa shape index (κ3) is 5.41. The van der Waals surface area contributed by atoms with Crippen LogP contribution in [0.3, 0.4) is 0 Å². The van der Waals surface area contributed by atoms with Crippen molar-refractivity contribution in [3.8, 4) is 11.5 Å². The molecular weight excluding hydrogens is 282 g/mol. The number of hydrogen-bond acceptors (Lipinski definition) is 3. The Bertz CT molecular complexity index is 320. The third-order valence-corrected chi connectivity index (χ3v) is 2.92. The molecule has 96 valence electrons. The smallest absolute Gasteiger partial charge is 0.161 e. The van der Waals surface area contributed by atoms with Gasteiger partial charge in [-0.2, -0.15) is 0 Å². The molecule has 0 aromatic heterocycles. The predicted octanol–water partition coefficient (Wildman–Crippen LogP) is 2.84. The van der Waals surface area contributed by atoms with E-state index in [1.807, 2.05) is 24.3 Å². The maximum Gasteiger partial charge on any atom is 0.161 e. The molecule has 0 heterocycles. The SMILES string of the molecule is COc1ccccc1OCCNC(C)CCBr. The van der Waals surface area contributed by atoms with Gasteiger partial charge in [0.25, 0.3) is 0 Å². The van der Waals surface area contributed by atoms with Crippen molar-refractivity contribution in [3.05, 3.63) is 24.3 Å². The summed E-state index contributed by atoms with van der Waals surface area (Å²) in [6.45, 7) is 3.66. The zero-order chi connectivity index (χ0) is 12.5. The lowest BCUT2D eigenvalue weighted by molar-refractivity contribution is 0.287. The van der Waals surface area contributed by atoms with E-state index < -0.39 is 0 Å². The Kier molecular flexibility index (Phi) is 7.05. The fourth-order valence-corrected chi connectivity index (χ4v) is 2.16. The van der Waals surface area contributed by atoms with Crippen LogP contribution in [0.4, 0.5) is 0 Å². The minimum Gasteiger partial charge on any atom is -0.493 e. The van der Waals surface area contributed by atoms with E-state index in [1.165, 1.54) is 0 Å². The van der Waals surface area contributed by atoms with Gasteiger partial charge in [0.2, 0.25) is 0 Å². The normalized spacial score (nSPS) is 12.2. The Morgan fingerprint density at radius 1 is 1.29 bits per heavy atom. The molecular formula is C13H20BrNO2. The Labute approximate surface area is 112 Å². The summed E-state index contributed by atoms with van der Waals surface area (Å²) in [5.74, 6) is 1.57. The van der Waals surface area contributed by atoms with Crippen molar-refractivity contribution in [1.29, 1.82) is 0 Å². The van der Waals surface area contributed by atoms with Crippen molar-refractivity contribution >= 4 is 15.9 Å². The van der Waals surface area contributed by atoms with Gasteiger partial charge in [-0.05, 0) is 25.5 Å². The third-order valence-electron chi connectivity index (χ3n) is 2.46. The maximum atomic E-state index is 5.66. The van der Waals surface area contributed by atoms with E-state index in [0.717, 1.165) is 29.8 Å². The molecule has 0 radical (unpaired) electrons. The largest absolute Gasteiger partial charge is 0.493 e.